The van der Waals surface area contributed by atoms with Gasteiger partial charge in [0.2, 0.25) is 27.4 Å². The van der Waals surface area contributed by atoms with E-state index in [1.807, 2.05) is 20.8 Å². The number of aliphatic hydroxyl groups is 2. The van der Waals surface area contributed by atoms with Crippen molar-refractivity contribution in [3.05, 3.63) is 46.8 Å². The van der Waals surface area contributed by atoms with Crippen LogP contribution in [0.3, 0.4) is 0 Å². The number of hydrogen-bond acceptors (Lipinski definition) is 11. The quantitative estimate of drug-likeness (QED) is 0.146. The molecule has 5 rings (SSSR count). The molecule has 0 bridgehead atoms. The first-order valence-electron chi connectivity index (χ1n) is 13.7. The molecule has 4 aliphatic rings. The zero-order valence-corrected chi connectivity index (χ0v) is 26.3. The molecule has 0 aromatic heterocycles. The highest BCUT2D eigenvalue weighted by molar-refractivity contribution is 6.67. The number of aliphatic imine (C=N–C) groups is 1. The van der Waals surface area contributed by atoms with E-state index in [2.05, 4.69) is 32.8 Å². The van der Waals surface area contributed by atoms with Crippen molar-refractivity contribution >= 4 is 64.6 Å². The lowest BCUT2D eigenvalue weighted by Crippen LogP contribution is -2.78. The van der Waals surface area contributed by atoms with Crippen LogP contribution >= 0.6 is 34.8 Å². The summed E-state index contributed by atoms with van der Waals surface area (Å²) >= 11 is 17.1. The Morgan fingerprint density at radius 2 is 1.77 bits per heavy atom. The summed E-state index contributed by atoms with van der Waals surface area (Å²) in [6.07, 6.45) is -1.03. The number of guanidine groups is 1. The monoisotopic (exact) mass is 671 g/mol. The van der Waals surface area contributed by atoms with Crippen LogP contribution < -0.4 is 21.3 Å². The molecule has 4 atom stereocenters. The number of halogens is 3. The normalized spacial score (nSPS) is 27.3. The minimum atomic E-state index is -2.74. The predicted molar refractivity (Wildman–Crippen MR) is 160 cm³/mol. The fourth-order valence-corrected chi connectivity index (χ4v) is 6.29. The molecule has 0 radical (unpaired) electrons. The standard InChI is InChI=1S/C27H32Cl3N7O7/c1-12-7-16(8-13(2)14(12)3)22(40)33-18-10-37-23(34-24(41)44-11-25(28,29)30)32-17(9-36-19(38)5-6-20(36)39)21-26(37,27(18,42)43)35-15(4)31-21/h7-8,17-18,21,31,35,42-43H,4-6,9-11H2,1-3H3,(H,33,40)(H,32,34,41)/t17-,18-,21-,26-/m0/s1. The smallest absolute Gasteiger partial charge is 0.414 e. The van der Waals surface area contributed by atoms with Gasteiger partial charge in [0.05, 0.1) is 24.4 Å². The average Bonchev–Trinajstić information content (AvgIpc) is 3.52. The highest BCUT2D eigenvalue weighted by atomic mass is 35.6. The van der Waals surface area contributed by atoms with Gasteiger partial charge in [-0.15, -0.1) is 0 Å². The number of rotatable bonds is 5. The number of ether oxygens (including phenoxy) is 1. The minimum absolute atomic E-state index is 0.0278. The fraction of sp³-hybridized carbons (Fsp3) is 0.519. The van der Waals surface area contributed by atoms with E-state index in [1.54, 1.807) is 12.1 Å². The molecule has 1 aromatic rings. The Bertz CT molecular complexity index is 1440. The largest absolute Gasteiger partial charge is 0.445 e. The fourth-order valence-electron chi connectivity index (χ4n) is 6.13. The molecular formula is C27H32Cl3N7O7. The SMILES string of the molecule is C=C1N[C@H]2[C@H](CN3C(=O)CCC3=O)N=C(NC(=O)OCC(Cl)(Cl)Cl)N3C[C@H](NC(=O)c4cc(C)c(C)c(C)c4)C(O)(O)[C@]23N1. The third-order valence-corrected chi connectivity index (χ3v) is 8.81. The Kier molecular flexibility index (Phi) is 8.21. The van der Waals surface area contributed by atoms with Gasteiger partial charge in [0.1, 0.15) is 12.6 Å². The Morgan fingerprint density at radius 1 is 1.16 bits per heavy atom. The van der Waals surface area contributed by atoms with Gasteiger partial charge in [-0.1, -0.05) is 41.4 Å². The van der Waals surface area contributed by atoms with Gasteiger partial charge in [0.15, 0.2) is 5.66 Å². The van der Waals surface area contributed by atoms with Crippen LogP contribution in [0.1, 0.15) is 39.9 Å². The van der Waals surface area contributed by atoms with Crippen molar-refractivity contribution in [2.24, 2.45) is 4.99 Å². The van der Waals surface area contributed by atoms with Crippen LogP contribution in [0.5, 0.6) is 0 Å². The van der Waals surface area contributed by atoms with Gasteiger partial charge in [0, 0.05) is 24.9 Å². The van der Waals surface area contributed by atoms with Crippen LogP contribution in [0.15, 0.2) is 29.5 Å². The maximum atomic E-state index is 13.4. The first kappa shape index (κ1) is 32.1. The molecule has 0 unspecified atom stereocenters. The summed E-state index contributed by atoms with van der Waals surface area (Å²) in [4.78, 5) is 58.2. The molecule has 44 heavy (non-hydrogen) atoms. The summed E-state index contributed by atoms with van der Waals surface area (Å²) in [7, 11) is 0. The lowest BCUT2D eigenvalue weighted by Gasteiger charge is -2.49. The van der Waals surface area contributed by atoms with E-state index in [-0.39, 0.29) is 37.7 Å². The van der Waals surface area contributed by atoms with Crippen LogP contribution in [-0.2, 0) is 14.3 Å². The highest BCUT2D eigenvalue weighted by Crippen LogP contribution is 2.45. The molecule has 238 valence electrons. The first-order valence-corrected chi connectivity index (χ1v) is 14.8. The molecular weight excluding hydrogens is 641 g/mol. The van der Waals surface area contributed by atoms with Crippen LogP contribution in [0.4, 0.5) is 4.79 Å². The number of carbonyl (C=O) groups is 4. The molecule has 3 fully saturated rings. The molecule has 3 saturated heterocycles. The number of alkyl carbamates (subject to hydrolysis) is 1. The number of alkyl halides is 3. The number of benzene rings is 1. The van der Waals surface area contributed by atoms with Crippen molar-refractivity contribution < 1.29 is 34.1 Å². The number of likely N-dealkylation sites (tertiary alicyclic amines) is 1. The third-order valence-electron chi connectivity index (χ3n) is 8.49. The molecule has 1 aromatic carbocycles. The summed E-state index contributed by atoms with van der Waals surface area (Å²) in [5, 5.41) is 34.9. The van der Waals surface area contributed by atoms with Gasteiger partial charge < -0.3 is 35.8 Å². The van der Waals surface area contributed by atoms with Crippen LogP contribution in [0, 0.1) is 20.8 Å². The van der Waals surface area contributed by atoms with E-state index in [9.17, 15) is 29.4 Å². The highest BCUT2D eigenvalue weighted by Gasteiger charge is 2.74. The lowest BCUT2D eigenvalue weighted by molar-refractivity contribution is -0.231. The van der Waals surface area contributed by atoms with Crippen molar-refractivity contribution in [3.8, 4) is 0 Å². The van der Waals surface area contributed by atoms with Crippen molar-refractivity contribution in [2.75, 3.05) is 19.7 Å². The molecule has 14 nitrogen and oxygen atoms in total. The van der Waals surface area contributed by atoms with E-state index in [1.165, 1.54) is 4.90 Å². The molecule has 4 amide bonds. The molecule has 6 N–H and O–H groups in total. The Labute approximate surface area is 267 Å². The average molecular weight is 673 g/mol. The number of aryl methyl sites for hydroxylation is 2. The maximum Gasteiger partial charge on any atom is 0.414 e. The van der Waals surface area contributed by atoms with E-state index in [4.69, 9.17) is 39.5 Å². The van der Waals surface area contributed by atoms with E-state index in [0.717, 1.165) is 21.6 Å². The van der Waals surface area contributed by atoms with Crippen molar-refractivity contribution in [2.45, 2.75) is 67.0 Å². The summed E-state index contributed by atoms with van der Waals surface area (Å²) in [5.74, 6) is -4.18. The number of nitrogens with one attached hydrogen (secondary N) is 4. The van der Waals surface area contributed by atoms with Crippen LogP contribution in [0.25, 0.3) is 0 Å². The van der Waals surface area contributed by atoms with E-state index < -0.39 is 63.8 Å². The Balaban J connectivity index is 1.52. The van der Waals surface area contributed by atoms with E-state index in [0.29, 0.717) is 5.56 Å². The van der Waals surface area contributed by atoms with Gasteiger partial charge in [-0.2, -0.15) is 0 Å². The zero-order chi connectivity index (χ0) is 32.4. The van der Waals surface area contributed by atoms with Gasteiger partial charge in [0.25, 0.3) is 5.91 Å². The summed E-state index contributed by atoms with van der Waals surface area (Å²) in [6, 6.07) is 0.00802. The van der Waals surface area contributed by atoms with Gasteiger partial charge >= 0.3 is 6.09 Å². The maximum absolute atomic E-state index is 13.4. The molecule has 1 spiro atoms. The minimum Gasteiger partial charge on any atom is -0.445 e. The predicted octanol–water partition coefficient (Wildman–Crippen LogP) is 0.419. The molecule has 4 heterocycles. The second kappa shape index (κ2) is 11.2. The number of amides is 4. The molecule has 17 heteroatoms. The lowest BCUT2D eigenvalue weighted by atomic mass is 9.85. The number of imide groups is 1. The first-order chi connectivity index (χ1) is 20.4. The number of nitrogens with zero attached hydrogens (tertiary/aromatic N) is 3. The van der Waals surface area contributed by atoms with Crippen LogP contribution in [-0.4, -0.2) is 103 Å². The number of carbonyl (C=O) groups excluding carboxylic acids is 4. The topological polar surface area (TPSA) is 185 Å². The second-order valence-electron chi connectivity index (χ2n) is 11.3. The molecule has 4 aliphatic heterocycles. The Hall–Kier alpha value is -3.30. The Morgan fingerprint density at radius 3 is 2.36 bits per heavy atom. The number of hydrogen-bond donors (Lipinski definition) is 6. The second-order valence-corrected chi connectivity index (χ2v) is 13.8. The summed E-state index contributed by atoms with van der Waals surface area (Å²) in [6.45, 7) is 8.43. The molecule has 0 aliphatic carbocycles. The van der Waals surface area contributed by atoms with Gasteiger partial charge in [-0.25, -0.2) is 9.79 Å². The van der Waals surface area contributed by atoms with Crippen molar-refractivity contribution in [1.82, 2.24) is 31.1 Å². The summed E-state index contributed by atoms with van der Waals surface area (Å²) in [5.41, 5.74) is 1.20. The van der Waals surface area contributed by atoms with Crippen molar-refractivity contribution in [1.29, 1.82) is 0 Å². The van der Waals surface area contributed by atoms with Crippen LogP contribution in [0.2, 0.25) is 0 Å². The third kappa shape index (κ3) is 5.53. The van der Waals surface area contributed by atoms with Crippen molar-refractivity contribution in [3.63, 3.8) is 0 Å². The van der Waals surface area contributed by atoms with Gasteiger partial charge in [-0.3, -0.25) is 24.6 Å². The zero-order valence-electron chi connectivity index (χ0n) is 24.0. The van der Waals surface area contributed by atoms with E-state index >= 15 is 0 Å². The van der Waals surface area contributed by atoms with Gasteiger partial charge in [-0.05, 0) is 49.6 Å². The summed E-state index contributed by atoms with van der Waals surface area (Å²) < 4.78 is 3.09. The molecule has 0 saturated carbocycles.